The van der Waals surface area contributed by atoms with Crippen molar-refractivity contribution in [2.75, 3.05) is 7.11 Å². The van der Waals surface area contributed by atoms with E-state index in [1.165, 1.54) is 13.4 Å². The van der Waals surface area contributed by atoms with Crippen LogP contribution >= 0.6 is 7.29 Å². The molecule has 4 aromatic rings. The molecular formula is C26H24NO5P. The van der Waals surface area contributed by atoms with Gasteiger partial charge in [-0.1, -0.05) is 48.5 Å². The normalized spacial score (nSPS) is 13.3. The van der Waals surface area contributed by atoms with Crippen molar-refractivity contribution >= 4 is 23.7 Å². The summed E-state index contributed by atoms with van der Waals surface area (Å²) in [5, 5.41) is 15.4. The van der Waals surface area contributed by atoms with Crippen LogP contribution in [0.1, 0.15) is 22.2 Å². The van der Waals surface area contributed by atoms with Crippen molar-refractivity contribution in [3.63, 3.8) is 0 Å². The largest absolute Gasteiger partial charge is 0.496 e. The van der Waals surface area contributed by atoms with Gasteiger partial charge in [0.2, 0.25) is 7.29 Å². The Morgan fingerprint density at radius 1 is 0.879 bits per heavy atom. The molecule has 1 aromatic heterocycles. The third-order valence-corrected chi connectivity index (χ3v) is 8.06. The molecule has 168 valence electrons. The fourth-order valence-electron chi connectivity index (χ4n) is 3.69. The molecule has 2 atom stereocenters. The predicted molar refractivity (Wildman–Crippen MR) is 128 cm³/mol. The zero-order valence-corrected chi connectivity index (χ0v) is 18.9. The van der Waals surface area contributed by atoms with Crippen LogP contribution in [0.25, 0.3) is 0 Å². The van der Waals surface area contributed by atoms with Gasteiger partial charge in [0, 0.05) is 10.6 Å². The molecule has 0 aliphatic heterocycles. The quantitative estimate of drug-likeness (QED) is 0.288. The number of Topliss-reactive ketones (excluding diaryl/α,β-unsaturated/α-hetero) is 1. The van der Waals surface area contributed by atoms with Crippen molar-refractivity contribution < 1.29 is 23.6 Å². The van der Waals surface area contributed by atoms with E-state index < -0.39 is 25.2 Å². The molecule has 0 saturated heterocycles. The first-order valence-corrected chi connectivity index (χ1v) is 12.1. The van der Waals surface area contributed by atoms with E-state index in [0.29, 0.717) is 16.4 Å². The Morgan fingerprint density at radius 3 is 2.00 bits per heavy atom. The third kappa shape index (κ3) is 4.69. The van der Waals surface area contributed by atoms with Gasteiger partial charge in [-0.3, -0.25) is 9.36 Å². The van der Waals surface area contributed by atoms with E-state index in [1.807, 2.05) is 12.1 Å². The minimum absolute atomic E-state index is 0.222. The van der Waals surface area contributed by atoms with Crippen LogP contribution in [0.3, 0.4) is 0 Å². The van der Waals surface area contributed by atoms with Crippen molar-refractivity contribution in [1.82, 2.24) is 5.09 Å². The van der Waals surface area contributed by atoms with Crippen molar-refractivity contribution in [2.45, 2.75) is 12.1 Å². The fraction of sp³-hybridized carbons (Fsp3) is 0.115. The van der Waals surface area contributed by atoms with Crippen molar-refractivity contribution in [3.05, 3.63) is 115 Å². The Balaban J connectivity index is 1.79. The predicted octanol–water partition coefficient (Wildman–Crippen LogP) is 4.09. The van der Waals surface area contributed by atoms with E-state index in [2.05, 4.69) is 5.09 Å². The van der Waals surface area contributed by atoms with E-state index in [1.54, 1.807) is 84.9 Å². The number of ketones is 1. The van der Waals surface area contributed by atoms with Gasteiger partial charge in [0.25, 0.3) is 0 Å². The highest BCUT2D eigenvalue weighted by atomic mass is 31.2. The number of carbonyl (C=O) groups excluding carboxylic acids is 1. The number of hydrogen-bond donors (Lipinski definition) is 2. The molecule has 3 aromatic carbocycles. The van der Waals surface area contributed by atoms with Gasteiger partial charge >= 0.3 is 0 Å². The average molecular weight is 461 g/mol. The summed E-state index contributed by atoms with van der Waals surface area (Å²) in [5.41, 5.74) is 0.222. The first-order chi connectivity index (χ1) is 16.0. The minimum atomic E-state index is -3.48. The Hall–Kier alpha value is -3.44. The van der Waals surface area contributed by atoms with Crippen LogP contribution in [0, 0.1) is 0 Å². The molecule has 0 aliphatic carbocycles. The molecular weight excluding hydrogens is 437 g/mol. The van der Waals surface area contributed by atoms with Gasteiger partial charge in [0.1, 0.15) is 23.7 Å². The molecule has 2 N–H and O–H groups in total. The van der Waals surface area contributed by atoms with E-state index in [9.17, 15) is 14.5 Å². The van der Waals surface area contributed by atoms with Crippen LogP contribution in [-0.4, -0.2) is 24.1 Å². The molecule has 0 saturated carbocycles. The SMILES string of the molecule is COc1ccccc1C(=O)[C@H](O)[C@@H](NP(=O)(c1ccccc1)c1ccccc1)c1ccco1. The van der Waals surface area contributed by atoms with Crippen LogP contribution in [-0.2, 0) is 4.57 Å². The highest BCUT2D eigenvalue weighted by Crippen LogP contribution is 2.43. The first-order valence-electron chi connectivity index (χ1n) is 10.4. The van der Waals surface area contributed by atoms with Crippen molar-refractivity contribution in [3.8, 4) is 5.75 Å². The second-order valence-electron chi connectivity index (χ2n) is 7.41. The molecule has 0 radical (unpaired) electrons. The monoisotopic (exact) mass is 461 g/mol. The molecule has 1 heterocycles. The molecule has 7 heteroatoms. The zero-order valence-electron chi connectivity index (χ0n) is 18.0. The maximum Gasteiger partial charge on any atom is 0.205 e. The van der Waals surface area contributed by atoms with Gasteiger partial charge in [0.15, 0.2) is 5.78 Å². The minimum Gasteiger partial charge on any atom is -0.496 e. The number of furan rings is 1. The second-order valence-corrected chi connectivity index (χ2v) is 9.92. The van der Waals surface area contributed by atoms with Crippen LogP contribution in [0.4, 0.5) is 0 Å². The summed E-state index contributed by atoms with van der Waals surface area (Å²) in [5.74, 6) is 0.0564. The number of benzene rings is 3. The lowest BCUT2D eigenvalue weighted by Gasteiger charge is -2.28. The smallest absolute Gasteiger partial charge is 0.205 e. The Kier molecular flexibility index (Phi) is 6.90. The number of methoxy groups -OCH3 is 1. The summed E-state index contributed by atoms with van der Waals surface area (Å²) in [6.07, 6.45) is -0.145. The van der Waals surface area contributed by atoms with Gasteiger partial charge in [-0.2, -0.15) is 0 Å². The van der Waals surface area contributed by atoms with Gasteiger partial charge in [-0.25, -0.2) is 5.09 Å². The number of rotatable bonds is 9. The molecule has 4 rings (SSSR count). The number of para-hydroxylation sites is 1. The maximum absolute atomic E-state index is 14.5. The van der Waals surface area contributed by atoms with Crippen LogP contribution in [0.2, 0.25) is 0 Å². The second kappa shape index (κ2) is 10.0. The van der Waals surface area contributed by atoms with Crippen LogP contribution < -0.4 is 20.4 Å². The lowest BCUT2D eigenvalue weighted by Crippen LogP contribution is -2.40. The van der Waals surface area contributed by atoms with E-state index in [-0.39, 0.29) is 11.3 Å². The van der Waals surface area contributed by atoms with E-state index in [0.717, 1.165) is 0 Å². The molecule has 6 nitrogen and oxygen atoms in total. The summed E-state index contributed by atoms with van der Waals surface area (Å²) in [6, 6.07) is 26.8. The highest BCUT2D eigenvalue weighted by Gasteiger charge is 2.38. The molecule has 0 bridgehead atoms. The lowest BCUT2D eigenvalue weighted by molar-refractivity contribution is 0.0655. The number of aliphatic hydroxyl groups is 1. The average Bonchev–Trinajstić information content (AvgIpc) is 3.42. The van der Waals surface area contributed by atoms with Crippen LogP contribution in [0.15, 0.2) is 108 Å². The summed E-state index contributed by atoms with van der Waals surface area (Å²) in [4.78, 5) is 13.3. The fourth-order valence-corrected chi connectivity index (χ4v) is 6.13. The van der Waals surface area contributed by atoms with E-state index >= 15 is 0 Å². The molecule has 0 amide bonds. The molecule has 33 heavy (non-hydrogen) atoms. The molecule has 0 fully saturated rings. The number of hydrogen-bond acceptors (Lipinski definition) is 5. The first kappa shape index (κ1) is 22.7. The van der Waals surface area contributed by atoms with Crippen molar-refractivity contribution in [1.29, 1.82) is 0 Å². The van der Waals surface area contributed by atoms with Gasteiger partial charge in [-0.05, 0) is 48.5 Å². The number of carbonyl (C=O) groups is 1. The van der Waals surface area contributed by atoms with Gasteiger partial charge < -0.3 is 14.3 Å². The number of ether oxygens (including phenoxy) is 1. The number of nitrogens with one attached hydrogen (secondary N) is 1. The van der Waals surface area contributed by atoms with E-state index in [4.69, 9.17) is 9.15 Å². The lowest BCUT2D eigenvalue weighted by atomic mass is 9.99. The Morgan fingerprint density at radius 2 is 1.45 bits per heavy atom. The number of aliphatic hydroxyl groups excluding tert-OH is 1. The summed E-state index contributed by atoms with van der Waals surface area (Å²) >= 11 is 0. The Labute approximate surface area is 192 Å². The summed E-state index contributed by atoms with van der Waals surface area (Å²) in [6.45, 7) is 0. The van der Waals surface area contributed by atoms with Crippen molar-refractivity contribution in [2.24, 2.45) is 0 Å². The molecule has 0 unspecified atom stereocenters. The Bertz CT molecular complexity index is 1200. The van der Waals surface area contributed by atoms with Crippen LogP contribution in [0.5, 0.6) is 5.75 Å². The highest BCUT2D eigenvalue weighted by molar-refractivity contribution is 7.76. The third-order valence-electron chi connectivity index (χ3n) is 5.37. The molecule has 0 spiro atoms. The standard InChI is InChI=1S/C26H24NO5P/c1-31-22-16-9-8-15-21(22)25(28)26(29)24(23-17-10-18-32-23)27-33(30,19-11-4-2-5-12-19)20-13-6-3-7-14-20/h2-18,24,26,29H,1H3,(H,27,30)/t24-,26+/m0/s1. The van der Waals surface area contributed by atoms with Gasteiger partial charge in [-0.15, -0.1) is 0 Å². The summed E-state index contributed by atoms with van der Waals surface area (Å²) in [7, 11) is -2.02. The zero-order chi connectivity index (χ0) is 23.3. The van der Waals surface area contributed by atoms with Gasteiger partial charge in [0.05, 0.1) is 18.9 Å². The molecule has 0 aliphatic rings. The topological polar surface area (TPSA) is 88.8 Å². The maximum atomic E-state index is 14.5. The summed E-state index contributed by atoms with van der Waals surface area (Å²) < 4.78 is 25.4.